The van der Waals surface area contributed by atoms with Crippen molar-refractivity contribution in [3.63, 3.8) is 0 Å². The zero-order valence-electron chi connectivity index (χ0n) is 13.3. The fourth-order valence-electron chi connectivity index (χ4n) is 2.85. The molecule has 1 aliphatic carbocycles. The largest absolute Gasteiger partial charge is 0.480 e. The van der Waals surface area contributed by atoms with Gasteiger partial charge in [-0.2, -0.15) is 16.9 Å². The number of ether oxygens (including phenoxy) is 1. The molecule has 1 aromatic heterocycles. The highest BCUT2D eigenvalue weighted by Gasteiger charge is 2.28. The standard InChI is InChI=1S/C15H25N3O2S/c1-5-21-13-8-6-7-12(13)16-14(19)9-20-15-10(2)17-18(4)11(15)3/h12-13H,5-9H2,1-4H3,(H,16,19)/t12-,13+/m1/s1. The first kappa shape index (κ1) is 16.2. The van der Waals surface area contributed by atoms with Crippen LogP contribution in [0.1, 0.15) is 37.6 Å². The van der Waals surface area contributed by atoms with Gasteiger partial charge in [-0.25, -0.2) is 0 Å². The minimum Gasteiger partial charge on any atom is -0.480 e. The maximum absolute atomic E-state index is 12.1. The van der Waals surface area contributed by atoms with Gasteiger partial charge in [0, 0.05) is 18.3 Å². The van der Waals surface area contributed by atoms with E-state index in [0.717, 1.165) is 29.3 Å². The second-order valence-electron chi connectivity index (χ2n) is 5.51. The molecule has 2 rings (SSSR count). The fourth-order valence-corrected chi connectivity index (χ4v) is 4.05. The Labute approximate surface area is 130 Å². The Balaban J connectivity index is 1.85. The van der Waals surface area contributed by atoms with E-state index in [4.69, 9.17) is 4.74 Å². The van der Waals surface area contributed by atoms with E-state index in [-0.39, 0.29) is 12.5 Å². The van der Waals surface area contributed by atoms with Gasteiger partial charge in [0.2, 0.25) is 0 Å². The van der Waals surface area contributed by atoms with Crippen LogP contribution >= 0.6 is 11.8 Å². The molecule has 5 nitrogen and oxygen atoms in total. The lowest BCUT2D eigenvalue weighted by atomic mass is 10.2. The number of aryl methyl sites for hydroxylation is 2. The van der Waals surface area contributed by atoms with Gasteiger partial charge in [0.15, 0.2) is 12.4 Å². The SMILES string of the molecule is CCS[C@H]1CCC[C@H]1NC(=O)COc1c(C)nn(C)c1C. The van der Waals surface area contributed by atoms with Gasteiger partial charge < -0.3 is 10.1 Å². The minimum atomic E-state index is -0.0359. The van der Waals surface area contributed by atoms with Crippen LogP contribution in [0.3, 0.4) is 0 Å². The first-order valence-electron chi connectivity index (χ1n) is 7.56. The lowest BCUT2D eigenvalue weighted by Crippen LogP contribution is -2.41. The van der Waals surface area contributed by atoms with E-state index < -0.39 is 0 Å². The number of aromatic nitrogens is 2. The Morgan fingerprint density at radius 2 is 2.24 bits per heavy atom. The molecule has 118 valence electrons. The van der Waals surface area contributed by atoms with Crippen LogP contribution in [0.15, 0.2) is 0 Å². The van der Waals surface area contributed by atoms with Crippen molar-refractivity contribution in [2.75, 3.05) is 12.4 Å². The molecule has 1 amide bonds. The maximum atomic E-state index is 12.1. The minimum absolute atomic E-state index is 0.0359. The topological polar surface area (TPSA) is 56.1 Å². The molecule has 0 aliphatic heterocycles. The van der Waals surface area contributed by atoms with Gasteiger partial charge in [-0.15, -0.1) is 0 Å². The molecule has 1 saturated carbocycles. The summed E-state index contributed by atoms with van der Waals surface area (Å²) in [4.78, 5) is 12.1. The van der Waals surface area contributed by atoms with Crippen molar-refractivity contribution >= 4 is 17.7 Å². The molecule has 1 heterocycles. The molecule has 6 heteroatoms. The molecule has 0 unspecified atom stereocenters. The summed E-state index contributed by atoms with van der Waals surface area (Å²) < 4.78 is 7.42. The number of hydrogen-bond donors (Lipinski definition) is 1. The normalized spacial score (nSPS) is 21.5. The molecule has 1 fully saturated rings. The van der Waals surface area contributed by atoms with Crippen molar-refractivity contribution in [1.29, 1.82) is 0 Å². The third kappa shape index (κ3) is 3.93. The van der Waals surface area contributed by atoms with Crippen LogP contribution in [0.25, 0.3) is 0 Å². The Hall–Kier alpha value is -1.17. The monoisotopic (exact) mass is 311 g/mol. The molecule has 1 N–H and O–H groups in total. The average Bonchev–Trinajstić information content (AvgIpc) is 2.95. The summed E-state index contributed by atoms with van der Waals surface area (Å²) in [5, 5.41) is 7.96. The Morgan fingerprint density at radius 3 is 2.86 bits per heavy atom. The van der Waals surface area contributed by atoms with Crippen molar-refractivity contribution in [3.05, 3.63) is 11.4 Å². The van der Waals surface area contributed by atoms with Gasteiger partial charge >= 0.3 is 0 Å². The second-order valence-corrected chi connectivity index (χ2v) is 7.03. The van der Waals surface area contributed by atoms with Crippen LogP contribution < -0.4 is 10.1 Å². The Morgan fingerprint density at radius 1 is 1.48 bits per heavy atom. The third-order valence-electron chi connectivity index (χ3n) is 3.97. The molecule has 0 spiro atoms. The maximum Gasteiger partial charge on any atom is 0.258 e. The van der Waals surface area contributed by atoms with Crippen molar-refractivity contribution < 1.29 is 9.53 Å². The summed E-state index contributed by atoms with van der Waals surface area (Å²) in [6.07, 6.45) is 3.48. The van der Waals surface area contributed by atoms with Crippen molar-refractivity contribution in [3.8, 4) is 5.75 Å². The van der Waals surface area contributed by atoms with Crippen molar-refractivity contribution in [2.24, 2.45) is 7.05 Å². The van der Waals surface area contributed by atoms with E-state index in [2.05, 4.69) is 17.3 Å². The molecule has 0 saturated heterocycles. The second kappa shape index (κ2) is 7.20. The van der Waals surface area contributed by atoms with Crippen LogP contribution in [-0.4, -0.2) is 39.3 Å². The number of rotatable bonds is 6. The summed E-state index contributed by atoms with van der Waals surface area (Å²) >= 11 is 1.94. The van der Waals surface area contributed by atoms with Crippen molar-refractivity contribution in [1.82, 2.24) is 15.1 Å². The number of nitrogens with zero attached hydrogens (tertiary/aromatic N) is 2. The molecule has 0 radical (unpaired) electrons. The van der Waals surface area contributed by atoms with E-state index >= 15 is 0 Å². The highest BCUT2D eigenvalue weighted by molar-refractivity contribution is 7.99. The zero-order chi connectivity index (χ0) is 15.4. The number of carbonyl (C=O) groups excluding carboxylic acids is 1. The van der Waals surface area contributed by atoms with Gasteiger partial charge in [-0.1, -0.05) is 13.3 Å². The van der Waals surface area contributed by atoms with Crippen LogP contribution in [0, 0.1) is 13.8 Å². The van der Waals surface area contributed by atoms with E-state index in [9.17, 15) is 4.79 Å². The fraction of sp³-hybridized carbons (Fsp3) is 0.733. The molecular weight excluding hydrogens is 286 g/mol. The molecule has 0 bridgehead atoms. The summed E-state index contributed by atoms with van der Waals surface area (Å²) in [5.74, 6) is 1.78. The van der Waals surface area contributed by atoms with Crippen LogP contribution in [0.4, 0.5) is 0 Å². The van der Waals surface area contributed by atoms with E-state index in [1.807, 2.05) is 32.7 Å². The molecule has 1 aliphatic rings. The summed E-state index contributed by atoms with van der Waals surface area (Å²) in [5.41, 5.74) is 1.77. The summed E-state index contributed by atoms with van der Waals surface area (Å²) in [6.45, 7) is 6.07. The number of carbonyl (C=O) groups is 1. The first-order chi connectivity index (χ1) is 10.0. The third-order valence-corrected chi connectivity index (χ3v) is 5.30. The zero-order valence-corrected chi connectivity index (χ0v) is 14.1. The number of thioether (sulfide) groups is 1. The Bertz CT molecular complexity index is 501. The highest BCUT2D eigenvalue weighted by atomic mass is 32.2. The quantitative estimate of drug-likeness (QED) is 0.875. The van der Waals surface area contributed by atoms with Gasteiger partial charge in [0.1, 0.15) is 5.69 Å². The average molecular weight is 311 g/mol. The van der Waals surface area contributed by atoms with Crippen LogP contribution in [-0.2, 0) is 11.8 Å². The number of nitrogens with one attached hydrogen (secondary N) is 1. The van der Waals surface area contributed by atoms with E-state index in [0.29, 0.717) is 11.3 Å². The first-order valence-corrected chi connectivity index (χ1v) is 8.61. The highest BCUT2D eigenvalue weighted by Crippen LogP contribution is 2.29. The molecule has 0 aromatic carbocycles. The van der Waals surface area contributed by atoms with E-state index in [1.165, 1.54) is 12.8 Å². The predicted molar refractivity (Wildman–Crippen MR) is 85.9 cm³/mol. The van der Waals surface area contributed by atoms with Crippen LogP contribution in [0.5, 0.6) is 5.75 Å². The van der Waals surface area contributed by atoms with Gasteiger partial charge in [-0.05, 0) is 32.4 Å². The molecule has 1 aromatic rings. The summed E-state index contributed by atoms with van der Waals surface area (Å²) in [7, 11) is 1.88. The smallest absolute Gasteiger partial charge is 0.258 e. The van der Waals surface area contributed by atoms with Gasteiger partial charge in [0.05, 0.1) is 5.69 Å². The lowest BCUT2D eigenvalue weighted by molar-refractivity contribution is -0.123. The van der Waals surface area contributed by atoms with E-state index in [1.54, 1.807) is 4.68 Å². The lowest BCUT2D eigenvalue weighted by Gasteiger charge is -2.20. The molecule has 21 heavy (non-hydrogen) atoms. The predicted octanol–water partition coefficient (Wildman–Crippen LogP) is 2.21. The van der Waals surface area contributed by atoms with Gasteiger partial charge in [-0.3, -0.25) is 9.48 Å². The summed E-state index contributed by atoms with van der Waals surface area (Å²) in [6, 6.07) is 0.294. The van der Waals surface area contributed by atoms with Crippen molar-refractivity contribution in [2.45, 2.75) is 51.3 Å². The number of amides is 1. The van der Waals surface area contributed by atoms with Crippen LogP contribution in [0.2, 0.25) is 0 Å². The Kier molecular flexibility index (Phi) is 5.56. The molecule has 2 atom stereocenters. The molecular formula is C15H25N3O2S. The van der Waals surface area contributed by atoms with Gasteiger partial charge in [0.25, 0.3) is 5.91 Å². The number of hydrogen-bond acceptors (Lipinski definition) is 4.